The average molecular weight is 396 g/mol. The van der Waals surface area contributed by atoms with Gasteiger partial charge in [-0.15, -0.1) is 0 Å². The van der Waals surface area contributed by atoms with Crippen molar-refractivity contribution in [3.63, 3.8) is 0 Å². The van der Waals surface area contributed by atoms with E-state index in [1.165, 1.54) is 12.1 Å². The van der Waals surface area contributed by atoms with Crippen LogP contribution in [0.25, 0.3) is 0 Å². The fourth-order valence-electron chi connectivity index (χ4n) is 2.18. The predicted octanol–water partition coefficient (Wildman–Crippen LogP) is 3.05. The number of fused-ring (bicyclic) bond motifs is 1. The van der Waals surface area contributed by atoms with Crippen LogP contribution in [-0.2, 0) is 11.3 Å². The van der Waals surface area contributed by atoms with Gasteiger partial charge in [0.2, 0.25) is 0 Å². The van der Waals surface area contributed by atoms with E-state index in [0.29, 0.717) is 35.7 Å². The van der Waals surface area contributed by atoms with Gasteiger partial charge in [-0.2, -0.15) is 0 Å². The van der Waals surface area contributed by atoms with Crippen LogP contribution < -0.4 is 19.5 Å². The minimum atomic E-state index is -0.524. The lowest BCUT2D eigenvalue weighted by atomic mass is 10.2. The second kappa shape index (κ2) is 7.53. The molecule has 0 atom stereocenters. The van der Waals surface area contributed by atoms with Crippen molar-refractivity contribution in [2.24, 2.45) is 0 Å². The van der Waals surface area contributed by atoms with Gasteiger partial charge >= 0.3 is 0 Å². The molecule has 0 fully saturated rings. The zero-order valence-corrected chi connectivity index (χ0v) is 14.3. The van der Waals surface area contributed by atoms with Crippen molar-refractivity contribution in [2.75, 3.05) is 19.8 Å². The third kappa shape index (κ3) is 4.17. The second-order valence-electron chi connectivity index (χ2n) is 5.12. The maximum absolute atomic E-state index is 13.6. The Morgan fingerprint density at radius 3 is 2.75 bits per heavy atom. The van der Waals surface area contributed by atoms with Crippen LogP contribution in [0.3, 0.4) is 0 Å². The number of rotatable bonds is 5. The maximum Gasteiger partial charge on any atom is 0.258 e. The highest BCUT2D eigenvalue weighted by atomic mass is 79.9. The molecule has 0 aliphatic carbocycles. The summed E-state index contributed by atoms with van der Waals surface area (Å²) in [7, 11) is 0. The maximum atomic E-state index is 13.6. The lowest BCUT2D eigenvalue weighted by Gasteiger charge is -2.19. The molecule has 2 aromatic carbocycles. The van der Waals surface area contributed by atoms with E-state index in [-0.39, 0.29) is 18.3 Å². The summed E-state index contributed by atoms with van der Waals surface area (Å²) in [6.07, 6.45) is 0. The Balaban J connectivity index is 1.50. The lowest BCUT2D eigenvalue weighted by molar-refractivity contribution is -0.123. The number of carbonyl (C=O) groups is 1. The summed E-state index contributed by atoms with van der Waals surface area (Å²) < 4.78 is 30.3. The van der Waals surface area contributed by atoms with Crippen molar-refractivity contribution in [1.82, 2.24) is 5.32 Å². The number of hydrogen-bond donors (Lipinski definition) is 1. The van der Waals surface area contributed by atoms with Gasteiger partial charge in [-0.25, -0.2) is 4.39 Å². The minimum absolute atomic E-state index is 0.0349. The standard InChI is InChI=1S/C17H15BrFNO4/c18-12-2-4-14(13(19)8-12)24-10-17(21)20-9-11-1-3-15-16(7-11)23-6-5-22-15/h1-4,7-8H,5-6,9-10H2,(H,20,21). The SMILES string of the molecule is O=C(COc1ccc(Br)cc1F)NCc1ccc2c(c1)OCCO2. The number of benzene rings is 2. The van der Waals surface area contributed by atoms with E-state index in [9.17, 15) is 9.18 Å². The molecule has 0 radical (unpaired) electrons. The Labute approximate surface area is 146 Å². The van der Waals surface area contributed by atoms with E-state index in [4.69, 9.17) is 14.2 Å². The Morgan fingerprint density at radius 2 is 1.96 bits per heavy atom. The van der Waals surface area contributed by atoms with E-state index in [2.05, 4.69) is 21.2 Å². The van der Waals surface area contributed by atoms with Gasteiger partial charge in [0, 0.05) is 11.0 Å². The summed E-state index contributed by atoms with van der Waals surface area (Å²) in [5.41, 5.74) is 0.877. The molecule has 0 bridgehead atoms. The minimum Gasteiger partial charge on any atom is -0.486 e. The highest BCUT2D eigenvalue weighted by Crippen LogP contribution is 2.30. The monoisotopic (exact) mass is 395 g/mol. The molecule has 2 aromatic rings. The molecule has 7 heteroatoms. The molecule has 0 aromatic heterocycles. The van der Waals surface area contributed by atoms with E-state index in [1.54, 1.807) is 6.07 Å². The molecule has 1 amide bonds. The van der Waals surface area contributed by atoms with Crippen LogP contribution in [0, 0.1) is 5.82 Å². The van der Waals surface area contributed by atoms with Crippen molar-refractivity contribution in [3.05, 3.63) is 52.3 Å². The molecule has 0 saturated carbocycles. The van der Waals surface area contributed by atoms with E-state index in [0.717, 1.165) is 5.56 Å². The number of halogens is 2. The molecule has 0 unspecified atom stereocenters. The third-order valence-corrected chi connectivity index (χ3v) is 3.84. The third-order valence-electron chi connectivity index (χ3n) is 3.35. The largest absolute Gasteiger partial charge is 0.486 e. The van der Waals surface area contributed by atoms with Crippen LogP contribution in [-0.4, -0.2) is 25.7 Å². The number of nitrogens with one attached hydrogen (secondary N) is 1. The van der Waals surface area contributed by atoms with Crippen molar-refractivity contribution in [1.29, 1.82) is 0 Å². The summed E-state index contributed by atoms with van der Waals surface area (Å²) >= 11 is 3.16. The van der Waals surface area contributed by atoms with Crippen molar-refractivity contribution in [2.45, 2.75) is 6.54 Å². The summed E-state index contributed by atoms with van der Waals surface area (Å²) in [6, 6.07) is 9.87. The van der Waals surface area contributed by atoms with E-state index >= 15 is 0 Å². The first-order valence-corrected chi connectivity index (χ1v) is 8.14. The zero-order chi connectivity index (χ0) is 16.9. The molecule has 1 aliphatic rings. The van der Waals surface area contributed by atoms with Crippen LogP contribution in [0.2, 0.25) is 0 Å². The molecule has 5 nitrogen and oxygen atoms in total. The van der Waals surface area contributed by atoms with Crippen LogP contribution in [0.15, 0.2) is 40.9 Å². The van der Waals surface area contributed by atoms with Gasteiger partial charge < -0.3 is 19.5 Å². The predicted molar refractivity (Wildman–Crippen MR) is 88.9 cm³/mol. The van der Waals surface area contributed by atoms with Crippen LogP contribution in [0.1, 0.15) is 5.56 Å². The second-order valence-corrected chi connectivity index (χ2v) is 6.03. The quantitative estimate of drug-likeness (QED) is 0.844. The number of ether oxygens (including phenoxy) is 3. The molecule has 1 aliphatic heterocycles. The summed E-state index contributed by atoms with van der Waals surface area (Å²) in [6.45, 7) is 1.10. The lowest BCUT2D eigenvalue weighted by Crippen LogP contribution is -2.28. The molecular weight excluding hydrogens is 381 g/mol. The first-order chi connectivity index (χ1) is 11.6. The number of carbonyl (C=O) groups excluding carboxylic acids is 1. The molecule has 0 saturated heterocycles. The van der Waals surface area contributed by atoms with Gasteiger partial charge in [-0.3, -0.25) is 4.79 Å². The fraction of sp³-hybridized carbons (Fsp3) is 0.235. The molecule has 3 rings (SSSR count). The van der Waals surface area contributed by atoms with Gasteiger partial charge in [-0.1, -0.05) is 22.0 Å². The van der Waals surface area contributed by atoms with Gasteiger partial charge in [0.15, 0.2) is 29.7 Å². The summed E-state index contributed by atoms with van der Waals surface area (Å²) in [4.78, 5) is 11.8. The molecule has 126 valence electrons. The Bertz CT molecular complexity index is 753. The van der Waals surface area contributed by atoms with Gasteiger partial charge in [0.1, 0.15) is 13.2 Å². The Morgan fingerprint density at radius 1 is 1.17 bits per heavy atom. The van der Waals surface area contributed by atoms with Crippen LogP contribution in [0.5, 0.6) is 17.2 Å². The Kier molecular flexibility index (Phi) is 5.20. The van der Waals surface area contributed by atoms with Crippen molar-refractivity contribution in [3.8, 4) is 17.2 Å². The van der Waals surface area contributed by atoms with Gasteiger partial charge in [0.25, 0.3) is 5.91 Å². The Hall–Kier alpha value is -2.28. The van der Waals surface area contributed by atoms with E-state index in [1.807, 2.05) is 18.2 Å². The average Bonchev–Trinajstić information content (AvgIpc) is 2.59. The topological polar surface area (TPSA) is 56.8 Å². The van der Waals surface area contributed by atoms with E-state index < -0.39 is 5.82 Å². The first-order valence-electron chi connectivity index (χ1n) is 7.35. The normalized spacial score (nSPS) is 12.6. The van der Waals surface area contributed by atoms with Crippen LogP contribution >= 0.6 is 15.9 Å². The van der Waals surface area contributed by atoms with Crippen molar-refractivity contribution < 1.29 is 23.4 Å². The highest BCUT2D eigenvalue weighted by molar-refractivity contribution is 9.10. The highest BCUT2D eigenvalue weighted by Gasteiger charge is 2.12. The molecule has 1 N–H and O–H groups in total. The number of amides is 1. The summed E-state index contributed by atoms with van der Waals surface area (Å²) in [5.74, 6) is 0.537. The van der Waals surface area contributed by atoms with Gasteiger partial charge in [-0.05, 0) is 35.9 Å². The molecule has 0 spiro atoms. The van der Waals surface area contributed by atoms with Crippen molar-refractivity contribution >= 4 is 21.8 Å². The first kappa shape index (κ1) is 16.6. The molecule has 24 heavy (non-hydrogen) atoms. The number of hydrogen-bond acceptors (Lipinski definition) is 4. The zero-order valence-electron chi connectivity index (χ0n) is 12.7. The van der Waals surface area contributed by atoms with Gasteiger partial charge in [0.05, 0.1) is 0 Å². The molecular formula is C17H15BrFNO4. The molecule has 1 heterocycles. The smallest absolute Gasteiger partial charge is 0.258 e. The van der Waals surface area contributed by atoms with Crippen LogP contribution in [0.4, 0.5) is 4.39 Å². The summed E-state index contributed by atoms with van der Waals surface area (Å²) in [5, 5.41) is 2.71. The fourth-order valence-corrected chi connectivity index (χ4v) is 2.52.